The fraction of sp³-hybridized carbons (Fsp3) is 0.684. The minimum Gasteiger partial charge on any atom is -0.494 e. The van der Waals surface area contributed by atoms with Gasteiger partial charge in [0.25, 0.3) is 0 Å². The maximum absolute atomic E-state index is 5.65. The summed E-state index contributed by atoms with van der Waals surface area (Å²) in [6.45, 7) is 7.55. The molecule has 1 aromatic rings. The van der Waals surface area contributed by atoms with E-state index in [1.807, 2.05) is 0 Å². The lowest BCUT2D eigenvalue weighted by Gasteiger charge is -2.30. The van der Waals surface area contributed by atoms with Crippen LogP contribution in [0.2, 0.25) is 0 Å². The van der Waals surface area contributed by atoms with E-state index in [1.54, 1.807) is 0 Å². The monoisotopic (exact) mass is 289 g/mol. The summed E-state index contributed by atoms with van der Waals surface area (Å²) in [7, 11) is 0. The number of hydrogen-bond donors (Lipinski definition) is 1. The van der Waals surface area contributed by atoms with E-state index in [4.69, 9.17) is 4.74 Å². The molecule has 1 aliphatic carbocycles. The van der Waals surface area contributed by atoms with Gasteiger partial charge in [-0.1, -0.05) is 38.3 Å². The van der Waals surface area contributed by atoms with Crippen LogP contribution >= 0.6 is 0 Å². The topological polar surface area (TPSA) is 21.3 Å². The van der Waals surface area contributed by atoms with E-state index in [1.165, 1.54) is 37.7 Å². The first-order valence-electron chi connectivity index (χ1n) is 8.69. The Kier molecular flexibility index (Phi) is 6.56. The molecule has 0 aromatic heterocycles. The maximum Gasteiger partial charge on any atom is 0.119 e. The minimum atomic E-state index is 0.405. The van der Waals surface area contributed by atoms with Crippen LogP contribution < -0.4 is 10.1 Å². The molecule has 0 radical (unpaired) electrons. The van der Waals surface area contributed by atoms with Crippen molar-refractivity contribution in [2.24, 2.45) is 5.92 Å². The van der Waals surface area contributed by atoms with Crippen molar-refractivity contribution in [2.75, 3.05) is 6.61 Å². The fourth-order valence-corrected chi connectivity index (χ4v) is 3.33. The van der Waals surface area contributed by atoms with E-state index in [0.717, 1.165) is 24.7 Å². The number of nitrogens with one attached hydrogen (secondary N) is 1. The molecular weight excluding hydrogens is 258 g/mol. The molecule has 2 unspecified atom stereocenters. The summed E-state index contributed by atoms with van der Waals surface area (Å²) < 4.78 is 5.65. The van der Waals surface area contributed by atoms with Gasteiger partial charge < -0.3 is 10.1 Å². The first-order valence-corrected chi connectivity index (χ1v) is 8.69. The lowest BCUT2D eigenvalue weighted by molar-refractivity contribution is 0.268. The molecule has 2 nitrogen and oxygen atoms in total. The van der Waals surface area contributed by atoms with Crippen molar-refractivity contribution in [1.29, 1.82) is 0 Å². The van der Waals surface area contributed by atoms with Gasteiger partial charge in [-0.15, -0.1) is 0 Å². The standard InChI is InChI=1S/C19H31NO/c1-4-14-21-19-12-10-18(11-13-19)16(3)20-15(2)17-8-6-5-7-9-17/h10-13,15-17,20H,4-9,14H2,1-3H3. The molecule has 0 aliphatic heterocycles. The normalized spacial score (nSPS) is 19.2. The van der Waals surface area contributed by atoms with E-state index in [0.29, 0.717) is 12.1 Å². The highest BCUT2D eigenvalue weighted by Crippen LogP contribution is 2.28. The van der Waals surface area contributed by atoms with Crippen LogP contribution in [-0.4, -0.2) is 12.6 Å². The summed E-state index contributed by atoms with van der Waals surface area (Å²) in [6, 6.07) is 9.58. The molecule has 0 bridgehead atoms. The molecule has 1 aromatic carbocycles. The number of rotatable bonds is 7. The lowest BCUT2D eigenvalue weighted by atomic mass is 9.84. The molecule has 2 atom stereocenters. The Balaban J connectivity index is 1.85. The minimum absolute atomic E-state index is 0.405. The van der Waals surface area contributed by atoms with Crippen molar-refractivity contribution in [1.82, 2.24) is 5.32 Å². The van der Waals surface area contributed by atoms with E-state index >= 15 is 0 Å². The molecule has 1 fully saturated rings. The van der Waals surface area contributed by atoms with E-state index in [9.17, 15) is 0 Å². The van der Waals surface area contributed by atoms with Gasteiger partial charge in [0.15, 0.2) is 0 Å². The average molecular weight is 289 g/mol. The number of ether oxygens (including phenoxy) is 1. The summed E-state index contributed by atoms with van der Waals surface area (Å²) in [4.78, 5) is 0. The van der Waals surface area contributed by atoms with Crippen LogP contribution in [0.4, 0.5) is 0 Å². The zero-order valence-corrected chi connectivity index (χ0v) is 13.9. The molecule has 0 amide bonds. The van der Waals surface area contributed by atoms with Gasteiger partial charge in [0.2, 0.25) is 0 Å². The van der Waals surface area contributed by atoms with Crippen molar-refractivity contribution in [3.8, 4) is 5.75 Å². The molecule has 21 heavy (non-hydrogen) atoms. The smallest absolute Gasteiger partial charge is 0.119 e. The van der Waals surface area contributed by atoms with Gasteiger partial charge in [-0.3, -0.25) is 0 Å². The Hall–Kier alpha value is -1.02. The van der Waals surface area contributed by atoms with Crippen LogP contribution in [0.15, 0.2) is 24.3 Å². The Labute approximate surface area is 130 Å². The second-order valence-corrected chi connectivity index (χ2v) is 6.49. The largest absolute Gasteiger partial charge is 0.494 e. The zero-order chi connectivity index (χ0) is 15.1. The predicted octanol–water partition coefficient (Wildman–Crippen LogP) is 5.09. The van der Waals surface area contributed by atoms with Crippen LogP contribution in [0.1, 0.15) is 70.9 Å². The zero-order valence-electron chi connectivity index (χ0n) is 13.9. The Morgan fingerprint density at radius 3 is 2.38 bits per heavy atom. The second-order valence-electron chi connectivity index (χ2n) is 6.49. The number of hydrogen-bond acceptors (Lipinski definition) is 2. The average Bonchev–Trinajstić information content (AvgIpc) is 2.54. The maximum atomic E-state index is 5.65. The van der Waals surface area contributed by atoms with Crippen molar-refractivity contribution < 1.29 is 4.74 Å². The van der Waals surface area contributed by atoms with Gasteiger partial charge in [0, 0.05) is 12.1 Å². The van der Waals surface area contributed by atoms with Crippen LogP contribution in [0.5, 0.6) is 5.75 Å². The summed E-state index contributed by atoms with van der Waals surface area (Å²) in [5.74, 6) is 1.83. The first kappa shape index (κ1) is 16.4. The Morgan fingerprint density at radius 2 is 1.76 bits per heavy atom. The highest BCUT2D eigenvalue weighted by Gasteiger charge is 2.21. The van der Waals surface area contributed by atoms with E-state index in [-0.39, 0.29) is 0 Å². The van der Waals surface area contributed by atoms with Crippen LogP contribution in [0.3, 0.4) is 0 Å². The molecule has 1 saturated carbocycles. The molecule has 0 spiro atoms. The third-order valence-corrected chi connectivity index (χ3v) is 4.72. The molecular formula is C19H31NO. The highest BCUT2D eigenvalue weighted by atomic mass is 16.5. The van der Waals surface area contributed by atoms with Gasteiger partial charge in [-0.25, -0.2) is 0 Å². The van der Waals surface area contributed by atoms with Crippen LogP contribution in [0, 0.1) is 5.92 Å². The molecule has 2 rings (SSSR count). The second kappa shape index (κ2) is 8.43. The van der Waals surface area contributed by atoms with Crippen molar-refractivity contribution in [3.63, 3.8) is 0 Å². The third-order valence-electron chi connectivity index (χ3n) is 4.72. The Bertz CT molecular complexity index is 395. The highest BCUT2D eigenvalue weighted by molar-refractivity contribution is 5.29. The molecule has 1 aliphatic rings. The Morgan fingerprint density at radius 1 is 1.10 bits per heavy atom. The van der Waals surface area contributed by atoms with Gasteiger partial charge in [0.1, 0.15) is 5.75 Å². The molecule has 0 saturated heterocycles. The van der Waals surface area contributed by atoms with E-state index in [2.05, 4.69) is 50.4 Å². The van der Waals surface area contributed by atoms with Crippen molar-refractivity contribution in [2.45, 2.75) is 71.4 Å². The van der Waals surface area contributed by atoms with E-state index < -0.39 is 0 Å². The first-order chi connectivity index (χ1) is 10.2. The molecule has 0 heterocycles. The molecule has 1 N–H and O–H groups in total. The lowest BCUT2D eigenvalue weighted by Crippen LogP contribution is -2.36. The summed E-state index contributed by atoms with van der Waals surface area (Å²) in [6.07, 6.45) is 8.09. The van der Waals surface area contributed by atoms with Gasteiger partial charge in [0.05, 0.1) is 6.61 Å². The van der Waals surface area contributed by atoms with Gasteiger partial charge in [-0.2, -0.15) is 0 Å². The number of benzene rings is 1. The molecule has 2 heteroatoms. The summed E-state index contributed by atoms with van der Waals surface area (Å²) in [5, 5.41) is 3.79. The van der Waals surface area contributed by atoms with Crippen LogP contribution in [0.25, 0.3) is 0 Å². The van der Waals surface area contributed by atoms with Gasteiger partial charge in [-0.05, 0) is 56.7 Å². The fourth-order valence-electron chi connectivity index (χ4n) is 3.33. The third kappa shape index (κ3) is 5.03. The summed E-state index contributed by atoms with van der Waals surface area (Å²) >= 11 is 0. The van der Waals surface area contributed by atoms with Crippen molar-refractivity contribution >= 4 is 0 Å². The summed E-state index contributed by atoms with van der Waals surface area (Å²) in [5.41, 5.74) is 1.35. The quantitative estimate of drug-likeness (QED) is 0.754. The van der Waals surface area contributed by atoms with Gasteiger partial charge >= 0.3 is 0 Å². The van der Waals surface area contributed by atoms with Crippen molar-refractivity contribution in [3.05, 3.63) is 29.8 Å². The SMILES string of the molecule is CCCOc1ccc(C(C)NC(C)C2CCCCC2)cc1. The predicted molar refractivity (Wildman–Crippen MR) is 89.8 cm³/mol. The molecule has 118 valence electrons. The van der Waals surface area contributed by atoms with Crippen LogP contribution in [-0.2, 0) is 0 Å².